The van der Waals surface area contributed by atoms with E-state index in [0.717, 1.165) is 11.3 Å². The molecular formula is C12H8N2O3S. The van der Waals surface area contributed by atoms with Crippen molar-refractivity contribution >= 4 is 33.2 Å². The highest BCUT2D eigenvalue weighted by molar-refractivity contribution is 7.18. The number of rotatable bonds is 1. The maximum Gasteiger partial charge on any atom is 0.349 e. The fourth-order valence-electron chi connectivity index (χ4n) is 1.75. The van der Waals surface area contributed by atoms with Gasteiger partial charge in [0, 0.05) is 6.20 Å². The van der Waals surface area contributed by atoms with Gasteiger partial charge in [-0.25, -0.2) is 9.78 Å². The van der Waals surface area contributed by atoms with E-state index in [4.69, 9.17) is 0 Å². The van der Waals surface area contributed by atoms with Crippen molar-refractivity contribution < 1.29 is 9.53 Å². The summed E-state index contributed by atoms with van der Waals surface area (Å²) in [5.41, 5.74) is 0.447. The van der Waals surface area contributed by atoms with Crippen LogP contribution in [0.2, 0.25) is 0 Å². The molecule has 2 aromatic heterocycles. The number of hydrogen-bond acceptors (Lipinski definition) is 5. The van der Waals surface area contributed by atoms with Gasteiger partial charge in [0.2, 0.25) is 0 Å². The monoisotopic (exact) mass is 260 g/mol. The summed E-state index contributed by atoms with van der Waals surface area (Å²) >= 11 is 1.14. The Morgan fingerprint density at radius 3 is 2.94 bits per heavy atom. The minimum absolute atomic E-state index is 0.179. The molecule has 0 atom stereocenters. The Morgan fingerprint density at radius 2 is 2.17 bits per heavy atom. The minimum atomic E-state index is -0.464. The fraction of sp³-hybridized carbons (Fsp3) is 0.0833. The molecule has 0 saturated carbocycles. The average molecular weight is 260 g/mol. The molecule has 5 nitrogen and oxygen atoms in total. The van der Waals surface area contributed by atoms with Crippen LogP contribution in [0.25, 0.3) is 15.9 Å². The lowest BCUT2D eigenvalue weighted by atomic mass is 10.2. The number of carbonyl (C=O) groups is 1. The first-order valence-electron chi connectivity index (χ1n) is 5.20. The number of benzene rings is 1. The quantitative estimate of drug-likeness (QED) is 0.625. The van der Waals surface area contributed by atoms with Crippen molar-refractivity contribution in [3.8, 4) is 0 Å². The van der Waals surface area contributed by atoms with E-state index in [1.54, 1.807) is 18.2 Å². The van der Waals surface area contributed by atoms with E-state index in [-0.39, 0.29) is 5.56 Å². The van der Waals surface area contributed by atoms with Crippen LogP contribution in [0.3, 0.4) is 0 Å². The molecule has 0 radical (unpaired) electrons. The molecular weight excluding hydrogens is 252 g/mol. The molecule has 0 spiro atoms. The van der Waals surface area contributed by atoms with E-state index in [1.165, 1.54) is 17.7 Å². The van der Waals surface area contributed by atoms with Crippen LogP contribution < -0.4 is 5.56 Å². The van der Waals surface area contributed by atoms with Gasteiger partial charge in [0.1, 0.15) is 4.88 Å². The van der Waals surface area contributed by atoms with Gasteiger partial charge >= 0.3 is 5.97 Å². The number of hydrogen-bond donors (Lipinski definition) is 0. The maximum absolute atomic E-state index is 12.2. The van der Waals surface area contributed by atoms with Gasteiger partial charge in [-0.05, 0) is 12.1 Å². The highest BCUT2D eigenvalue weighted by Gasteiger charge is 2.13. The normalized spacial score (nSPS) is 10.9. The standard InChI is InChI=1S/C12H8N2O3S/c1-17-11(16)9-6-14-10(15)7-4-2-3-5-8(7)13-12(14)18-9/h2-6H,1H3. The van der Waals surface area contributed by atoms with Crippen molar-refractivity contribution in [2.24, 2.45) is 0 Å². The van der Waals surface area contributed by atoms with Crippen LogP contribution in [-0.4, -0.2) is 22.5 Å². The van der Waals surface area contributed by atoms with Crippen molar-refractivity contribution in [2.45, 2.75) is 0 Å². The Kier molecular flexibility index (Phi) is 2.38. The number of aromatic nitrogens is 2. The Hall–Kier alpha value is -2.21. The second kappa shape index (κ2) is 3.92. The third kappa shape index (κ3) is 1.50. The number of thiazole rings is 1. The summed E-state index contributed by atoms with van der Waals surface area (Å²) < 4.78 is 6.01. The Labute approximate surface area is 105 Å². The Bertz CT molecular complexity index is 819. The zero-order valence-electron chi connectivity index (χ0n) is 9.41. The largest absolute Gasteiger partial charge is 0.465 e. The predicted molar refractivity (Wildman–Crippen MR) is 68.2 cm³/mol. The fourth-order valence-corrected chi connectivity index (χ4v) is 2.65. The molecule has 3 rings (SSSR count). The topological polar surface area (TPSA) is 60.7 Å². The average Bonchev–Trinajstić information content (AvgIpc) is 2.82. The lowest BCUT2D eigenvalue weighted by molar-refractivity contribution is 0.0606. The first-order valence-corrected chi connectivity index (χ1v) is 6.01. The van der Waals surface area contributed by atoms with Crippen molar-refractivity contribution in [3.63, 3.8) is 0 Å². The molecule has 6 heteroatoms. The van der Waals surface area contributed by atoms with E-state index in [2.05, 4.69) is 9.72 Å². The SMILES string of the molecule is COC(=O)c1cn2c(=O)c3ccccc3nc2s1. The summed E-state index contributed by atoms with van der Waals surface area (Å²) in [5, 5.41) is 0.532. The van der Waals surface area contributed by atoms with Crippen LogP contribution in [0.1, 0.15) is 9.67 Å². The molecule has 0 aliphatic carbocycles. The lowest BCUT2D eigenvalue weighted by Gasteiger charge is -1.96. The summed E-state index contributed by atoms with van der Waals surface area (Å²) in [6, 6.07) is 7.09. The number of carbonyl (C=O) groups excluding carboxylic acids is 1. The molecule has 0 aliphatic rings. The predicted octanol–water partition coefficient (Wildman–Crippen LogP) is 1.70. The highest BCUT2D eigenvalue weighted by atomic mass is 32.1. The molecule has 0 bridgehead atoms. The van der Waals surface area contributed by atoms with E-state index >= 15 is 0 Å². The Balaban J connectivity index is 2.40. The number of para-hydroxylation sites is 1. The maximum atomic E-state index is 12.2. The molecule has 0 amide bonds. The molecule has 3 aromatic rings. The summed E-state index contributed by atoms with van der Waals surface area (Å²) in [7, 11) is 1.30. The molecule has 18 heavy (non-hydrogen) atoms. The van der Waals surface area contributed by atoms with Crippen molar-refractivity contribution in [3.05, 3.63) is 45.7 Å². The number of methoxy groups -OCH3 is 1. The van der Waals surface area contributed by atoms with Crippen LogP contribution in [0, 0.1) is 0 Å². The van der Waals surface area contributed by atoms with Crippen molar-refractivity contribution in [2.75, 3.05) is 7.11 Å². The van der Waals surface area contributed by atoms with Crippen LogP contribution in [0.4, 0.5) is 0 Å². The van der Waals surface area contributed by atoms with Gasteiger partial charge < -0.3 is 4.74 Å². The van der Waals surface area contributed by atoms with E-state index in [0.29, 0.717) is 20.7 Å². The summed E-state index contributed by atoms with van der Waals surface area (Å²) in [6.07, 6.45) is 1.47. The van der Waals surface area contributed by atoms with Crippen molar-refractivity contribution in [1.29, 1.82) is 0 Å². The molecule has 0 unspecified atom stereocenters. The van der Waals surface area contributed by atoms with Crippen LogP contribution in [-0.2, 0) is 4.74 Å². The molecule has 2 heterocycles. The first-order chi connectivity index (χ1) is 8.70. The summed E-state index contributed by atoms with van der Waals surface area (Å²) in [4.78, 5) is 28.8. The third-order valence-electron chi connectivity index (χ3n) is 2.61. The number of nitrogens with zero attached hydrogens (tertiary/aromatic N) is 2. The van der Waals surface area contributed by atoms with Gasteiger partial charge in [0.25, 0.3) is 5.56 Å². The molecule has 0 aliphatic heterocycles. The third-order valence-corrected chi connectivity index (χ3v) is 3.57. The van der Waals surface area contributed by atoms with Gasteiger partial charge in [-0.2, -0.15) is 0 Å². The van der Waals surface area contributed by atoms with Crippen molar-refractivity contribution in [1.82, 2.24) is 9.38 Å². The second-order valence-electron chi connectivity index (χ2n) is 3.67. The number of ether oxygens (including phenoxy) is 1. The Morgan fingerprint density at radius 1 is 1.39 bits per heavy atom. The molecule has 0 fully saturated rings. The summed E-state index contributed by atoms with van der Waals surface area (Å²) in [6.45, 7) is 0. The van der Waals surface area contributed by atoms with Gasteiger partial charge in [0.15, 0.2) is 4.96 Å². The number of fused-ring (bicyclic) bond motifs is 2. The van der Waals surface area contributed by atoms with Gasteiger partial charge in [-0.3, -0.25) is 9.20 Å². The molecule has 90 valence electrons. The molecule has 0 N–H and O–H groups in total. The van der Waals surface area contributed by atoms with Crippen LogP contribution in [0.5, 0.6) is 0 Å². The van der Waals surface area contributed by atoms with E-state index in [9.17, 15) is 9.59 Å². The minimum Gasteiger partial charge on any atom is -0.465 e. The van der Waals surface area contributed by atoms with Crippen LogP contribution in [0.15, 0.2) is 35.3 Å². The molecule has 1 aromatic carbocycles. The van der Waals surface area contributed by atoms with Crippen LogP contribution >= 0.6 is 11.3 Å². The lowest BCUT2D eigenvalue weighted by Crippen LogP contribution is -2.12. The van der Waals surface area contributed by atoms with E-state index < -0.39 is 5.97 Å². The number of esters is 1. The second-order valence-corrected chi connectivity index (χ2v) is 4.68. The van der Waals surface area contributed by atoms with Gasteiger partial charge in [0.05, 0.1) is 18.0 Å². The van der Waals surface area contributed by atoms with E-state index in [1.807, 2.05) is 6.07 Å². The highest BCUT2D eigenvalue weighted by Crippen LogP contribution is 2.18. The van der Waals surface area contributed by atoms with Gasteiger partial charge in [-0.15, -0.1) is 0 Å². The smallest absolute Gasteiger partial charge is 0.349 e. The summed E-state index contributed by atoms with van der Waals surface area (Å²) in [5.74, 6) is -0.464. The zero-order chi connectivity index (χ0) is 12.7. The first kappa shape index (κ1) is 10.9. The van der Waals surface area contributed by atoms with Gasteiger partial charge in [-0.1, -0.05) is 23.5 Å². The zero-order valence-corrected chi connectivity index (χ0v) is 10.2. The molecule has 0 saturated heterocycles.